The monoisotopic (exact) mass is 239 g/mol. The van der Waals surface area contributed by atoms with Gasteiger partial charge in [0.05, 0.1) is 31.0 Å². The van der Waals surface area contributed by atoms with E-state index in [9.17, 15) is 4.79 Å². The SMILES string of the molecule is COc1ccc(C#N)c(CC(=O)O)c1CCl. The van der Waals surface area contributed by atoms with Gasteiger partial charge in [-0.05, 0) is 17.7 Å². The van der Waals surface area contributed by atoms with Gasteiger partial charge in [-0.1, -0.05) is 0 Å². The topological polar surface area (TPSA) is 70.3 Å². The van der Waals surface area contributed by atoms with Crippen LogP contribution in [0.5, 0.6) is 5.75 Å². The number of halogens is 1. The van der Waals surface area contributed by atoms with E-state index in [0.717, 1.165) is 0 Å². The second-order valence-corrected chi connectivity index (χ2v) is 3.36. The number of hydrogen-bond acceptors (Lipinski definition) is 3. The van der Waals surface area contributed by atoms with Gasteiger partial charge in [-0.3, -0.25) is 4.79 Å². The summed E-state index contributed by atoms with van der Waals surface area (Å²) >= 11 is 5.75. The van der Waals surface area contributed by atoms with Crippen molar-refractivity contribution in [1.82, 2.24) is 0 Å². The van der Waals surface area contributed by atoms with Crippen molar-refractivity contribution in [2.24, 2.45) is 0 Å². The first-order valence-electron chi connectivity index (χ1n) is 4.50. The molecule has 1 rings (SSSR count). The zero-order chi connectivity index (χ0) is 12.1. The highest BCUT2D eigenvalue weighted by Crippen LogP contribution is 2.27. The summed E-state index contributed by atoms with van der Waals surface area (Å²) in [5.74, 6) is -0.386. The van der Waals surface area contributed by atoms with Crippen molar-refractivity contribution in [2.45, 2.75) is 12.3 Å². The molecule has 0 atom stereocenters. The van der Waals surface area contributed by atoms with Gasteiger partial charge in [-0.2, -0.15) is 5.26 Å². The highest BCUT2D eigenvalue weighted by molar-refractivity contribution is 6.17. The smallest absolute Gasteiger partial charge is 0.307 e. The van der Waals surface area contributed by atoms with Crippen molar-refractivity contribution < 1.29 is 14.6 Å². The number of rotatable bonds is 4. The number of aliphatic carboxylic acids is 1. The van der Waals surface area contributed by atoms with Crippen molar-refractivity contribution in [2.75, 3.05) is 7.11 Å². The van der Waals surface area contributed by atoms with Crippen LogP contribution in [0.15, 0.2) is 12.1 Å². The molecule has 0 aliphatic heterocycles. The summed E-state index contributed by atoms with van der Waals surface area (Å²) < 4.78 is 5.07. The number of carboxylic acids is 1. The molecule has 4 nitrogen and oxygen atoms in total. The quantitative estimate of drug-likeness (QED) is 0.815. The fourth-order valence-corrected chi connectivity index (χ4v) is 1.76. The third-order valence-electron chi connectivity index (χ3n) is 2.19. The number of hydrogen-bond donors (Lipinski definition) is 1. The summed E-state index contributed by atoms with van der Waals surface area (Å²) in [4.78, 5) is 10.7. The Balaban J connectivity index is 3.37. The molecule has 0 heterocycles. The Labute approximate surface area is 98.0 Å². The molecule has 84 valence electrons. The zero-order valence-electron chi connectivity index (χ0n) is 8.66. The average molecular weight is 240 g/mol. The number of nitriles is 1. The molecule has 0 saturated carbocycles. The van der Waals surface area contributed by atoms with Crippen LogP contribution >= 0.6 is 11.6 Å². The van der Waals surface area contributed by atoms with E-state index in [1.54, 1.807) is 6.07 Å². The number of nitrogens with zero attached hydrogens (tertiary/aromatic N) is 1. The Bertz CT molecular complexity index is 451. The number of carbonyl (C=O) groups is 1. The van der Waals surface area contributed by atoms with Gasteiger partial charge in [0.1, 0.15) is 5.75 Å². The first kappa shape index (κ1) is 12.3. The molecule has 1 N–H and O–H groups in total. The van der Waals surface area contributed by atoms with Gasteiger partial charge in [0.15, 0.2) is 0 Å². The van der Waals surface area contributed by atoms with Gasteiger partial charge in [0.2, 0.25) is 0 Å². The zero-order valence-corrected chi connectivity index (χ0v) is 9.41. The van der Waals surface area contributed by atoms with Gasteiger partial charge >= 0.3 is 5.97 Å². The molecule has 1 aromatic rings. The lowest BCUT2D eigenvalue weighted by Gasteiger charge is -2.11. The lowest BCUT2D eigenvalue weighted by atomic mass is 9.99. The van der Waals surface area contributed by atoms with E-state index in [4.69, 9.17) is 26.7 Å². The Morgan fingerprint density at radius 2 is 2.25 bits per heavy atom. The molecule has 0 aromatic heterocycles. The summed E-state index contributed by atoms with van der Waals surface area (Å²) in [6.07, 6.45) is -0.234. The maximum Gasteiger partial charge on any atom is 0.307 e. The molecule has 16 heavy (non-hydrogen) atoms. The van der Waals surface area contributed by atoms with Crippen LogP contribution in [0.4, 0.5) is 0 Å². The van der Waals surface area contributed by atoms with Crippen LogP contribution in [0.25, 0.3) is 0 Å². The van der Waals surface area contributed by atoms with E-state index < -0.39 is 5.97 Å². The highest BCUT2D eigenvalue weighted by Gasteiger charge is 2.15. The second kappa shape index (κ2) is 5.38. The van der Waals surface area contributed by atoms with E-state index in [1.165, 1.54) is 13.2 Å². The molecule has 0 aliphatic carbocycles. The predicted molar refractivity (Wildman–Crippen MR) is 58.6 cm³/mol. The third-order valence-corrected chi connectivity index (χ3v) is 2.46. The molecule has 1 aromatic carbocycles. The van der Waals surface area contributed by atoms with Crippen LogP contribution in [0, 0.1) is 11.3 Å². The van der Waals surface area contributed by atoms with E-state index >= 15 is 0 Å². The molecular weight excluding hydrogens is 230 g/mol. The largest absolute Gasteiger partial charge is 0.496 e. The molecule has 0 fully saturated rings. The fourth-order valence-electron chi connectivity index (χ4n) is 1.47. The van der Waals surface area contributed by atoms with Gasteiger partial charge in [-0.15, -0.1) is 11.6 Å². The summed E-state index contributed by atoms with van der Waals surface area (Å²) in [5, 5.41) is 17.7. The second-order valence-electron chi connectivity index (χ2n) is 3.09. The Kier molecular flexibility index (Phi) is 4.15. The summed E-state index contributed by atoms with van der Waals surface area (Å²) in [5.41, 5.74) is 1.30. The summed E-state index contributed by atoms with van der Waals surface area (Å²) in [6.45, 7) is 0. The van der Waals surface area contributed by atoms with Crippen LogP contribution in [0.2, 0.25) is 0 Å². The predicted octanol–water partition coefficient (Wildman–Crippen LogP) is 1.93. The minimum atomic E-state index is -1.00. The van der Waals surface area contributed by atoms with E-state index in [-0.39, 0.29) is 12.3 Å². The number of alkyl halides is 1. The molecule has 0 radical (unpaired) electrons. The first-order chi connectivity index (χ1) is 7.63. The number of benzene rings is 1. The Hall–Kier alpha value is -1.73. The standard InChI is InChI=1S/C11H10ClNO3/c1-16-10-3-2-7(6-13)8(4-11(14)15)9(10)5-12/h2-3H,4-5H2,1H3,(H,14,15). The number of carboxylic acid groups (broad SMARTS) is 1. The lowest BCUT2D eigenvalue weighted by Crippen LogP contribution is -2.07. The lowest BCUT2D eigenvalue weighted by molar-refractivity contribution is -0.136. The molecular formula is C11H10ClNO3. The van der Waals surface area contributed by atoms with Crippen LogP contribution in [0.1, 0.15) is 16.7 Å². The first-order valence-corrected chi connectivity index (χ1v) is 5.04. The maximum atomic E-state index is 10.7. The van der Waals surface area contributed by atoms with E-state index in [2.05, 4.69) is 0 Å². The van der Waals surface area contributed by atoms with Crippen LogP contribution in [-0.2, 0) is 17.1 Å². The minimum Gasteiger partial charge on any atom is -0.496 e. The molecule has 0 bridgehead atoms. The highest BCUT2D eigenvalue weighted by atomic mass is 35.5. The van der Waals surface area contributed by atoms with Crippen LogP contribution < -0.4 is 4.74 Å². The van der Waals surface area contributed by atoms with Crippen molar-refractivity contribution in [3.63, 3.8) is 0 Å². The van der Waals surface area contributed by atoms with Gasteiger partial charge in [-0.25, -0.2) is 0 Å². The summed E-state index contributed by atoms with van der Waals surface area (Å²) in [7, 11) is 1.47. The van der Waals surface area contributed by atoms with Crippen molar-refractivity contribution in [3.05, 3.63) is 28.8 Å². The van der Waals surface area contributed by atoms with Crippen molar-refractivity contribution >= 4 is 17.6 Å². The Morgan fingerprint density at radius 3 is 2.69 bits per heavy atom. The fraction of sp³-hybridized carbons (Fsp3) is 0.273. The van der Waals surface area contributed by atoms with E-state index in [1.807, 2.05) is 6.07 Å². The van der Waals surface area contributed by atoms with E-state index in [0.29, 0.717) is 22.4 Å². The molecule has 0 amide bonds. The molecule has 0 aliphatic rings. The number of ether oxygens (including phenoxy) is 1. The normalized spacial score (nSPS) is 9.56. The molecule has 0 saturated heterocycles. The molecule has 0 unspecified atom stereocenters. The number of methoxy groups -OCH3 is 1. The van der Waals surface area contributed by atoms with Gasteiger partial charge in [0.25, 0.3) is 0 Å². The van der Waals surface area contributed by atoms with Gasteiger partial charge < -0.3 is 9.84 Å². The van der Waals surface area contributed by atoms with Crippen molar-refractivity contribution in [1.29, 1.82) is 5.26 Å². The summed E-state index contributed by atoms with van der Waals surface area (Å²) in [6, 6.07) is 5.10. The molecule has 0 spiro atoms. The average Bonchev–Trinajstić information content (AvgIpc) is 2.27. The van der Waals surface area contributed by atoms with Gasteiger partial charge in [0, 0.05) is 5.56 Å². The van der Waals surface area contributed by atoms with Crippen LogP contribution in [0.3, 0.4) is 0 Å². The molecule has 5 heteroatoms. The third kappa shape index (κ3) is 2.44. The maximum absolute atomic E-state index is 10.7. The Morgan fingerprint density at radius 1 is 1.56 bits per heavy atom. The van der Waals surface area contributed by atoms with Crippen molar-refractivity contribution in [3.8, 4) is 11.8 Å². The van der Waals surface area contributed by atoms with Crippen LogP contribution in [-0.4, -0.2) is 18.2 Å². The minimum absolute atomic E-state index is 0.112.